The first-order valence-corrected chi connectivity index (χ1v) is 3.78. The molecule has 0 radical (unpaired) electrons. The molecule has 1 aromatic rings. The van der Waals surface area contributed by atoms with E-state index in [-0.39, 0.29) is 56.9 Å². The Morgan fingerprint density at radius 2 is 2.15 bits per heavy atom. The maximum absolute atomic E-state index is 10.5. The number of hydrogen-bond acceptors (Lipinski definition) is 2. The largest absolute Gasteiger partial charge is 1.00 e. The van der Waals surface area contributed by atoms with Crippen molar-refractivity contribution >= 4 is 12.0 Å². The summed E-state index contributed by atoms with van der Waals surface area (Å²) in [6.45, 7) is 0. The van der Waals surface area contributed by atoms with Gasteiger partial charge in [-0.15, -0.1) is 0 Å². The van der Waals surface area contributed by atoms with Gasteiger partial charge in [-0.2, -0.15) is 0 Å². The molecule has 0 saturated heterocycles. The number of allylic oxidation sites excluding steroid dienone is 1. The summed E-state index contributed by atoms with van der Waals surface area (Å²) in [5.41, 5.74) is 2.44. The van der Waals surface area contributed by atoms with Gasteiger partial charge < -0.3 is 9.90 Å². The van der Waals surface area contributed by atoms with Crippen molar-refractivity contribution in [1.29, 1.82) is 0 Å². The maximum atomic E-state index is 10.5. The van der Waals surface area contributed by atoms with E-state index < -0.39 is 5.97 Å². The molecule has 13 heavy (non-hydrogen) atoms. The molecule has 0 aromatic heterocycles. The number of fused-ring (bicyclic) bond motifs is 1. The van der Waals surface area contributed by atoms with Crippen molar-refractivity contribution in [2.24, 2.45) is 0 Å². The van der Waals surface area contributed by atoms with Crippen molar-refractivity contribution in [2.75, 3.05) is 0 Å². The molecule has 0 unspecified atom stereocenters. The van der Waals surface area contributed by atoms with E-state index in [1.165, 1.54) is 0 Å². The molecule has 0 spiro atoms. The van der Waals surface area contributed by atoms with Crippen LogP contribution >= 0.6 is 0 Å². The van der Waals surface area contributed by atoms with Gasteiger partial charge in [-0.25, -0.2) is 0 Å². The van der Waals surface area contributed by atoms with E-state index >= 15 is 0 Å². The van der Waals surface area contributed by atoms with Gasteiger partial charge in [-0.1, -0.05) is 24.3 Å². The predicted molar refractivity (Wildman–Crippen MR) is 43.5 cm³/mol. The zero-order chi connectivity index (χ0) is 8.55. The van der Waals surface area contributed by atoms with E-state index in [1.807, 2.05) is 18.2 Å². The topological polar surface area (TPSA) is 40.1 Å². The Morgan fingerprint density at radius 3 is 2.85 bits per heavy atom. The van der Waals surface area contributed by atoms with Crippen LogP contribution in [0.4, 0.5) is 0 Å². The Balaban J connectivity index is 0.000000845. The fourth-order valence-electron chi connectivity index (χ4n) is 1.38. The van der Waals surface area contributed by atoms with Crippen LogP contribution in [0.25, 0.3) is 6.08 Å². The summed E-state index contributed by atoms with van der Waals surface area (Å²) in [5.74, 6) is -1.11. The summed E-state index contributed by atoms with van der Waals surface area (Å²) >= 11 is 0. The number of carboxylic acids is 1. The molecule has 0 atom stereocenters. The SMILES string of the molecule is O=C([O-])c1ccc2c(c1)CC=C2.[K+]. The Kier molecular flexibility index (Phi) is 3.88. The predicted octanol–water partition coefficient (Wildman–Crippen LogP) is -2.38. The third-order valence-corrected chi connectivity index (χ3v) is 2.01. The standard InChI is InChI=1S/C10H8O2.K/c11-10(12)9-5-4-7-2-1-3-8(7)6-9;/h1-2,4-6H,3H2,(H,11,12);/q;+1/p-1. The van der Waals surface area contributed by atoms with Gasteiger partial charge in [0.25, 0.3) is 0 Å². The van der Waals surface area contributed by atoms with Crippen molar-refractivity contribution in [3.8, 4) is 0 Å². The first-order valence-electron chi connectivity index (χ1n) is 3.78. The molecule has 1 aromatic carbocycles. The molecule has 0 saturated carbocycles. The van der Waals surface area contributed by atoms with Gasteiger partial charge in [0.2, 0.25) is 0 Å². The van der Waals surface area contributed by atoms with Crippen LogP contribution < -0.4 is 56.5 Å². The molecule has 60 valence electrons. The molecular formula is C10H7KO2. The van der Waals surface area contributed by atoms with E-state index in [0.29, 0.717) is 0 Å². The normalized spacial score (nSPS) is 12.0. The van der Waals surface area contributed by atoms with Crippen LogP contribution in [0.3, 0.4) is 0 Å². The van der Waals surface area contributed by atoms with E-state index in [4.69, 9.17) is 0 Å². The molecule has 2 nitrogen and oxygen atoms in total. The maximum Gasteiger partial charge on any atom is 1.00 e. The second-order valence-corrected chi connectivity index (χ2v) is 2.81. The van der Waals surface area contributed by atoms with Gasteiger partial charge >= 0.3 is 51.4 Å². The molecule has 0 amide bonds. The number of rotatable bonds is 1. The molecule has 0 N–H and O–H groups in total. The molecule has 2 rings (SSSR count). The van der Waals surface area contributed by atoms with Crippen molar-refractivity contribution in [1.82, 2.24) is 0 Å². The van der Waals surface area contributed by atoms with Gasteiger partial charge in [-0.05, 0) is 29.2 Å². The van der Waals surface area contributed by atoms with Crippen LogP contribution in [0.2, 0.25) is 0 Å². The van der Waals surface area contributed by atoms with Crippen molar-refractivity contribution in [3.63, 3.8) is 0 Å². The van der Waals surface area contributed by atoms with Gasteiger partial charge in [0.1, 0.15) is 0 Å². The molecule has 1 aliphatic carbocycles. The summed E-state index contributed by atoms with van der Waals surface area (Å²) in [4.78, 5) is 10.5. The van der Waals surface area contributed by atoms with E-state index in [1.54, 1.807) is 12.1 Å². The van der Waals surface area contributed by atoms with Crippen LogP contribution in [-0.2, 0) is 6.42 Å². The minimum Gasteiger partial charge on any atom is -0.545 e. The quantitative estimate of drug-likeness (QED) is 0.473. The number of carbonyl (C=O) groups excluding carboxylic acids is 1. The van der Waals surface area contributed by atoms with Crippen LogP contribution in [0.5, 0.6) is 0 Å². The molecular weight excluding hydrogens is 191 g/mol. The first kappa shape index (κ1) is 11.1. The summed E-state index contributed by atoms with van der Waals surface area (Å²) in [7, 11) is 0. The van der Waals surface area contributed by atoms with Crippen molar-refractivity contribution < 1.29 is 61.3 Å². The van der Waals surface area contributed by atoms with Crippen LogP contribution in [0.15, 0.2) is 24.3 Å². The van der Waals surface area contributed by atoms with Crippen LogP contribution in [0.1, 0.15) is 21.5 Å². The summed E-state index contributed by atoms with van der Waals surface area (Å²) in [6, 6.07) is 5.05. The second-order valence-electron chi connectivity index (χ2n) is 2.81. The van der Waals surface area contributed by atoms with E-state index in [9.17, 15) is 9.90 Å². The first-order chi connectivity index (χ1) is 5.77. The fourth-order valence-corrected chi connectivity index (χ4v) is 1.38. The fraction of sp³-hybridized carbons (Fsp3) is 0.100. The smallest absolute Gasteiger partial charge is 0.545 e. The Bertz CT molecular complexity index is 369. The average molecular weight is 198 g/mol. The summed E-state index contributed by atoms with van der Waals surface area (Å²) < 4.78 is 0. The Labute approximate surface area is 119 Å². The minimum atomic E-state index is -1.11. The Hall–Kier alpha value is 0.0664. The third kappa shape index (κ3) is 2.30. The molecule has 1 aliphatic rings. The molecule has 0 aliphatic heterocycles. The molecule has 3 heteroatoms. The van der Waals surface area contributed by atoms with Gasteiger partial charge in [0.15, 0.2) is 0 Å². The average Bonchev–Trinajstić information content (AvgIpc) is 2.49. The minimum absolute atomic E-state index is 0. The number of benzene rings is 1. The zero-order valence-electron chi connectivity index (χ0n) is 7.41. The second kappa shape index (κ2) is 4.53. The van der Waals surface area contributed by atoms with Gasteiger partial charge in [0.05, 0.1) is 5.97 Å². The van der Waals surface area contributed by atoms with Crippen LogP contribution in [0, 0.1) is 0 Å². The van der Waals surface area contributed by atoms with Crippen molar-refractivity contribution in [3.05, 3.63) is 41.0 Å². The van der Waals surface area contributed by atoms with Crippen LogP contribution in [-0.4, -0.2) is 5.97 Å². The number of hydrogen-bond donors (Lipinski definition) is 0. The monoisotopic (exact) mass is 198 g/mol. The van der Waals surface area contributed by atoms with Crippen molar-refractivity contribution in [2.45, 2.75) is 6.42 Å². The summed E-state index contributed by atoms with van der Waals surface area (Å²) in [6.07, 6.45) is 4.84. The third-order valence-electron chi connectivity index (χ3n) is 2.01. The molecule has 0 fully saturated rings. The zero-order valence-corrected chi connectivity index (χ0v) is 10.5. The van der Waals surface area contributed by atoms with E-state index in [2.05, 4.69) is 0 Å². The van der Waals surface area contributed by atoms with Gasteiger partial charge in [-0.3, -0.25) is 0 Å². The molecule has 0 heterocycles. The Morgan fingerprint density at radius 1 is 1.38 bits per heavy atom. The van der Waals surface area contributed by atoms with Gasteiger partial charge in [0, 0.05) is 0 Å². The summed E-state index contributed by atoms with van der Waals surface area (Å²) in [5, 5.41) is 10.5. The number of carboxylic acid groups (broad SMARTS) is 1. The number of aromatic carboxylic acids is 1. The van der Waals surface area contributed by atoms with E-state index in [0.717, 1.165) is 17.5 Å². The molecule has 0 bridgehead atoms. The number of carbonyl (C=O) groups is 1.